The fourth-order valence-corrected chi connectivity index (χ4v) is 10.5. The number of rotatable bonds is 5. The Morgan fingerprint density at radius 3 is 1.03 bits per heavy atom. The SMILES string of the molecule is c1cc(-c2cccc(-c3ccc4c(c3)c3ccccc3n4-c3cccc4oc5ccccc5c34)c2)cc(-c2ccc3c(c2)c2ccccc2n3-c2cccc3oc4ccccc4c23)c1. The summed E-state index contributed by atoms with van der Waals surface area (Å²) in [4.78, 5) is 0. The highest BCUT2D eigenvalue weighted by Gasteiger charge is 2.20. The van der Waals surface area contributed by atoms with E-state index in [1.807, 2.05) is 24.3 Å². The van der Waals surface area contributed by atoms with Crippen LogP contribution < -0.4 is 0 Å². The maximum Gasteiger partial charge on any atom is 0.137 e. The van der Waals surface area contributed by atoms with Crippen molar-refractivity contribution in [2.24, 2.45) is 0 Å². The molecule has 4 nitrogen and oxygen atoms in total. The molecule has 0 saturated heterocycles. The summed E-state index contributed by atoms with van der Waals surface area (Å²) < 4.78 is 17.4. The second-order valence-corrected chi connectivity index (χ2v) is 16.8. The van der Waals surface area contributed by atoms with Crippen molar-refractivity contribution < 1.29 is 8.83 Å². The van der Waals surface area contributed by atoms with Gasteiger partial charge in [0.2, 0.25) is 0 Å². The lowest BCUT2D eigenvalue weighted by molar-refractivity contribution is 0.668. The molecule has 0 amide bonds. The molecule has 0 saturated carbocycles. The van der Waals surface area contributed by atoms with E-state index in [9.17, 15) is 0 Å². The molecular formula is C60H36N2O2. The molecule has 0 unspecified atom stereocenters. The van der Waals surface area contributed by atoms with Gasteiger partial charge in [0.15, 0.2) is 0 Å². The molecule has 14 aromatic rings. The van der Waals surface area contributed by atoms with E-state index < -0.39 is 0 Å². The van der Waals surface area contributed by atoms with Crippen LogP contribution in [0.25, 0.3) is 132 Å². The number of furan rings is 2. The predicted molar refractivity (Wildman–Crippen MR) is 266 cm³/mol. The van der Waals surface area contributed by atoms with Gasteiger partial charge in [-0.3, -0.25) is 0 Å². The van der Waals surface area contributed by atoms with Crippen molar-refractivity contribution in [2.45, 2.75) is 0 Å². The minimum atomic E-state index is 0.892. The molecule has 10 aromatic carbocycles. The van der Waals surface area contributed by atoms with E-state index in [2.05, 4.69) is 203 Å². The maximum atomic E-state index is 6.32. The van der Waals surface area contributed by atoms with Gasteiger partial charge in [-0.1, -0.05) is 133 Å². The summed E-state index contributed by atoms with van der Waals surface area (Å²) in [7, 11) is 0. The summed E-state index contributed by atoms with van der Waals surface area (Å²) in [5, 5.41) is 9.39. The van der Waals surface area contributed by atoms with Gasteiger partial charge in [-0.2, -0.15) is 0 Å². The quantitative estimate of drug-likeness (QED) is 0.173. The molecule has 64 heavy (non-hydrogen) atoms. The van der Waals surface area contributed by atoms with Gasteiger partial charge in [0.1, 0.15) is 22.3 Å². The van der Waals surface area contributed by atoms with Gasteiger partial charge in [-0.05, 0) is 118 Å². The summed E-state index contributed by atoms with van der Waals surface area (Å²) in [6, 6.07) is 78.6. The van der Waals surface area contributed by atoms with Crippen LogP contribution in [-0.4, -0.2) is 9.13 Å². The van der Waals surface area contributed by atoms with E-state index in [-0.39, 0.29) is 0 Å². The van der Waals surface area contributed by atoms with Gasteiger partial charge >= 0.3 is 0 Å². The first-order chi connectivity index (χ1) is 31.7. The summed E-state index contributed by atoms with van der Waals surface area (Å²) in [5.74, 6) is 0. The minimum absolute atomic E-state index is 0.892. The molecule has 4 aromatic heterocycles. The van der Waals surface area contributed by atoms with Crippen LogP contribution in [0.5, 0.6) is 0 Å². The van der Waals surface area contributed by atoms with E-state index in [1.165, 1.54) is 77.0 Å². The van der Waals surface area contributed by atoms with Crippen molar-refractivity contribution in [1.29, 1.82) is 0 Å². The first-order valence-electron chi connectivity index (χ1n) is 21.8. The summed E-state index contributed by atoms with van der Waals surface area (Å²) in [6.45, 7) is 0. The van der Waals surface area contributed by atoms with Crippen molar-refractivity contribution in [3.05, 3.63) is 218 Å². The molecular weight excluding hydrogens is 781 g/mol. The van der Waals surface area contributed by atoms with Crippen molar-refractivity contribution in [1.82, 2.24) is 9.13 Å². The Bertz CT molecular complexity index is 3940. The number of benzene rings is 10. The monoisotopic (exact) mass is 816 g/mol. The maximum absolute atomic E-state index is 6.32. The molecule has 0 radical (unpaired) electrons. The molecule has 0 aliphatic heterocycles. The Kier molecular flexibility index (Phi) is 7.36. The summed E-state index contributed by atoms with van der Waals surface area (Å²) in [6.07, 6.45) is 0. The third-order valence-electron chi connectivity index (χ3n) is 13.3. The van der Waals surface area contributed by atoms with Gasteiger partial charge in [0.25, 0.3) is 0 Å². The van der Waals surface area contributed by atoms with Crippen LogP contribution in [0.2, 0.25) is 0 Å². The highest BCUT2D eigenvalue weighted by atomic mass is 16.3. The fourth-order valence-electron chi connectivity index (χ4n) is 10.5. The zero-order valence-corrected chi connectivity index (χ0v) is 34.5. The average Bonchev–Trinajstić information content (AvgIpc) is 4.11. The Morgan fingerprint density at radius 2 is 0.578 bits per heavy atom. The van der Waals surface area contributed by atoms with Crippen molar-refractivity contribution in [3.8, 4) is 44.8 Å². The van der Waals surface area contributed by atoms with Crippen LogP contribution in [0.3, 0.4) is 0 Å². The predicted octanol–water partition coefficient (Wildman–Crippen LogP) is 16.7. The number of para-hydroxylation sites is 4. The summed E-state index contributed by atoms with van der Waals surface area (Å²) in [5.41, 5.74) is 17.6. The molecule has 0 aliphatic rings. The molecule has 298 valence electrons. The Balaban J connectivity index is 0.860. The summed E-state index contributed by atoms with van der Waals surface area (Å²) >= 11 is 0. The third-order valence-corrected chi connectivity index (χ3v) is 13.3. The molecule has 4 heteroatoms. The molecule has 0 atom stereocenters. The van der Waals surface area contributed by atoms with Crippen molar-refractivity contribution >= 4 is 87.5 Å². The van der Waals surface area contributed by atoms with E-state index in [4.69, 9.17) is 8.83 Å². The zero-order chi connectivity index (χ0) is 41.9. The van der Waals surface area contributed by atoms with Crippen LogP contribution in [0.1, 0.15) is 0 Å². The van der Waals surface area contributed by atoms with E-state index in [0.29, 0.717) is 0 Å². The standard InChI is InChI=1S/C60H36N2O2/c1-5-21-49-43(17-1)47-35-41(29-31-51(47)61(49)53-23-11-27-57-59(53)45-19-3-7-25-55(45)63-57)39-15-9-13-37(33-39)38-14-10-16-40(34-38)42-30-32-52-48(36-42)44-18-2-6-22-50(44)62(52)54-24-12-28-58-60(54)46-20-4-8-26-56(46)64-58/h1-36H. The second-order valence-electron chi connectivity index (χ2n) is 16.8. The molecule has 0 bridgehead atoms. The third kappa shape index (κ3) is 5.11. The van der Waals surface area contributed by atoms with E-state index >= 15 is 0 Å². The topological polar surface area (TPSA) is 36.1 Å². The van der Waals surface area contributed by atoms with Gasteiger partial charge in [0.05, 0.1) is 44.2 Å². The number of aromatic nitrogens is 2. The van der Waals surface area contributed by atoms with Crippen LogP contribution in [0.4, 0.5) is 0 Å². The number of nitrogens with zero attached hydrogens (tertiary/aromatic N) is 2. The number of hydrogen-bond acceptors (Lipinski definition) is 2. The molecule has 0 fully saturated rings. The van der Waals surface area contributed by atoms with Crippen LogP contribution in [-0.2, 0) is 0 Å². The molecule has 0 spiro atoms. The second kappa shape index (κ2) is 13.4. The smallest absolute Gasteiger partial charge is 0.137 e. The lowest BCUT2D eigenvalue weighted by Crippen LogP contribution is -1.94. The highest BCUT2D eigenvalue weighted by Crippen LogP contribution is 2.42. The lowest BCUT2D eigenvalue weighted by Gasteiger charge is -2.11. The Morgan fingerprint density at radius 1 is 0.234 bits per heavy atom. The zero-order valence-electron chi connectivity index (χ0n) is 34.5. The van der Waals surface area contributed by atoms with E-state index in [0.717, 1.165) is 55.3 Å². The average molecular weight is 817 g/mol. The van der Waals surface area contributed by atoms with Crippen LogP contribution in [0, 0.1) is 0 Å². The van der Waals surface area contributed by atoms with Gasteiger partial charge in [-0.25, -0.2) is 0 Å². The normalized spacial score (nSPS) is 12.1. The van der Waals surface area contributed by atoms with Crippen molar-refractivity contribution in [2.75, 3.05) is 0 Å². The van der Waals surface area contributed by atoms with Gasteiger partial charge in [0, 0.05) is 32.3 Å². The Labute approximate surface area is 367 Å². The van der Waals surface area contributed by atoms with Crippen LogP contribution in [0.15, 0.2) is 227 Å². The highest BCUT2D eigenvalue weighted by molar-refractivity contribution is 6.16. The first kappa shape index (κ1) is 35.0. The van der Waals surface area contributed by atoms with E-state index in [1.54, 1.807) is 0 Å². The Hall–Kier alpha value is -8.60. The molecule has 4 heterocycles. The first-order valence-corrected chi connectivity index (χ1v) is 21.8. The largest absolute Gasteiger partial charge is 0.456 e. The van der Waals surface area contributed by atoms with Crippen LogP contribution >= 0.6 is 0 Å². The van der Waals surface area contributed by atoms with Gasteiger partial charge < -0.3 is 18.0 Å². The lowest BCUT2D eigenvalue weighted by atomic mass is 9.95. The van der Waals surface area contributed by atoms with Crippen molar-refractivity contribution in [3.63, 3.8) is 0 Å². The molecule has 0 N–H and O–H groups in total. The molecule has 14 rings (SSSR count). The fraction of sp³-hybridized carbons (Fsp3) is 0. The number of fused-ring (bicyclic) bond motifs is 12. The van der Waals surface area contributed by atoms with Gasteiger partial charge in [-0.15, -0.1) is 0 Å². The molecule has 0 aliphatic carbocycles. The number of hydrogen-bond donors (Lipinski definition) is 0. The minimum Gasteiger partial charge on any atom is -0.456 e.